The van der Waals surface area contributed by atoms with E-state index in [0.717, 1.165) is 17.0 Å². The molecule has 0 aliphatic rings. The van der Waals surface area contributed by atoms with E-state index in [4.69, 9.17) is 5.11 Å². The van der Waals surface area contributed by atoms with Gasteiger partial charge in [-0.3, -0.25) is 15.1 Å². The fourth-order valence-corrected chi connectivity index (χ4v) is 3.57. The first kappa shape index (κ1) is 19.7. The third-order valence-electron chi connectivity index (χ3n) is 4.34. The Bertz CT molecular complexity index is 1150. The van der Waals surface area contributed by atoms with Gasteiger partial charge in [-0.15, -0.1) is 11.3 Å². The number of aliphatic hydroxyl groups excluding tert-OH is 1. The Balaban J connectivity index is 1.40. The van der Waals surface area contributed by atoms with Crippen molar-refractivity contribution in [2.45, 2.75) is 13.1 Å². The quantitative estimate of drug-likeness (QED) is 0.457. The summed E-state index contributed by atoms with van der Waals surface area (Å²) < 4.78 is 3.70. The van der Waals surface area contributed by atoms with Crippen LogP contribution in [0.15, 0.2) is 60.8 Å². The van der Waals surface area contributed by atoms with Crippen molar-refractivity contribution in [1.82, 2.24) is 24.1 Å². The van der Waals surface area contributed by atoms with Crippen molar-refractivity contribution in [3.05, 3.63) is 83.4 Å². The first-order valence-electron chi connectivity index (χ1n) is 9.33. The number of anilines is 1. The van der Waals surface area contributed by atoms with Gasteiger partial charge in [-0.1, -0.05) is 0 Å². The highest BCUT2D eigenvalue weighted by atomic mass is 32.1. The highest BCUT2D eigenvalue weighted by Crippen LogP contribution is 2.19. The average Bonchev–Trinajstić information content (AvgIpc) is 3.49. The minimum absolute atomic E-state index is 0.0700. The van der Waals surface area contributed by atoms with Crippen LogP contribution in [0, 0.1) is 0 Å². The number of aliphatic hydroxyl groups is 1. The van der Waals surface area contributed by atoms with E-state index in [9.17, 15) is 4.79 Å². The van der Waals surface area contributed by atoms with Gasteiger partial charge in [-0.2, -0.15) is 0 Å². The molecule has 0 spiro atoms. The van der Waals surface area contributed by atoms with Gasteiger partial charge in [0.2, 0.25) is 0 Å². The van der Waals surface area contributed by atoms with Crippen LogP contribution < -0.4 is 5.32 Å². The number of hydrogen-bond donors (Lipinski definition) is 2. The average molecular weight is 420 g/mol. The number of hydrogen-bond acceptors (Lipinski definition) is 6. The number of carbonyl (C=O) groups excluding carboxylic acids is 1. The minimum Gasteiger partial charge on any atom is -0.395 e. The molecular formula is C21H20N6O2S. The van der Waals surface area contributed by atoms with Crippen LogP contribution >= 0.6 is 11.3 Å². The van der Waals surface area contributed by atoms with Crippen molar-refractivity contribution in [3.8, 4) is 0 Å². The van der Waals surface area contributed by atoms with Gasteiger partial charge in [0.1, 0.15) is 5.69 Å². The van der Waals surface area contributed by atoms with Crippen LogP contribution in [0.3, 0.4) is 0 Å². The lowest BCUT2D eigenvalue weighted by molar-refractivity contribution is 0.101. The van der Waals surface area contributed by atoms with Crippen molar-refractivity contribution in [1.29, 1.82) is 0 Å². The SMILES string of the molecule is O=C(Nc1nc(C=Cc2cn(CCO)cn2)cs1)c1cccn1Cc1ccncc1. The van der Waals surface area contributed by atoms with Gasteiger partial charge >= 0.3 is 0 Å². The molecule has 2 N–H and O–H groups in total. The van der Waals surface area contributed by atoms with Crippen LogP contribution in [-0.2, 0) is 13.1 Å². The smallest absolute Gasteiger partial charge is 0.274 e. The summed E-state index contributed by atoms with van der Waals surface area (Å²) in [6.45, 7) is 1.17. The van der Waals surface area contributed by atoms with Crippen LogP contribution in [0.5, 0.6) is 0 Å². The van der Waals surface area contributed by atoms with Gasteiger partial charge in [0.15, 0.2) is 5.13 Å². The first-order chi connectivity index (χ1) is 14.7. The fraction of sp³-hybridized carbons (Fsp3) is 0.143. The Hall–Kier alpha value is -3.56. The second-order valence-corrected chi connectivity index (χ2v) is 7.36. The van der Waals surface area contributed by atoms with Gasteiger partial charge < -0.3 is 14.2 Å². The van der Waals surface area contributed by atoms with Gasteiger partial charge in [0.25, 0.3) is 5.91 Å². The van der Waals surface area contributed by atoms with Gasteiger partial charge in [-0.05, 0) is 42.0 Å². The monoisotopic (exact) mass is 420 g/mol. The van der Waals surface area contributed by atoms with Crippen molar-refractivity contribution in [2.75, 3.05) is 11.9 Å². The molecule has 0 aliphatic carbocycles. The Kier molecular flexibility index (Phi) is 6.11. The van der Waals surface area contributed by atoms with E-state index in [1.807, 2.05) is 57.3 Å². The minimum atomic E-state index is -0.207. The molecule has 0 fully saturated rings. The molecule has 4 aromatic rings. The summed E-state index contributed by atoms with van der Waals surface area (Å²) in [7, 11) is 0. The zero-order valence-electron chi connectivity index (χ0n) is 16.0. The standard InChI is InChI=1S/C21H20N6O2S/c28-11-10-26-13-17(23-15-26)3-4-18-14-30-21(24-18)25-20(29)19-2-1-9-27(19)12-16-5-7-22-8-6-16/h1-9,13-15,28H,10-12H2,(H,24,25,29). The molecule has 4 heterocycles. The second-order valence-electron chi connectivity index (χ2n) is 6.50. The lowest BCUT2D eigenvalue weighted by Gasteiger charge is -2.08. The summed E-state index contributed by atoms with van der Waals surface area (Å²) in [6, 6.07) is 7.48. The Morgan fingerprint density at radius 3 is 2.87 bits per heavy atom. The van der Waals surface area contributed by atoms with E-state index < -0.39 is 0 Å². The third kappa shape index (κ3) is 4.88. The number of rotatable bonds is 8. The molecule has 152 valence electrons. The van der Waals surface area contributed by atoms with E-state index in [2.05, 4.69) is 20.3 Å². The summed E-state index contributed by atoms with van der Waals surface area (Å²) in [4.78, 5) is 25.4. The maximum atomic E-state index is 12.7. The molecule has 0 saturated carbocycles. The van der Waals surface area contributed by atoms with Crippen LogP contribution in [-0.4, -0.2) is 41.7 Å². The third-order valence-corrected chi connectivity index (χ3v) is 5.12. The van der Waals surface area contributed by atoms with Crippen molar-refractivity contribution in [2.24, 2.45) is 0 Å². The molecule has 30 heavy (non-hydrogen) atoms. The molecule has 0 aliphatic heterocycles. The molecule has 0 radical (unpaired) electrons. The number of nitrogens with zero attached hydrogens (tertiary/aromatic N) is 5. The number of imidazole rings is 1. The number of nitrogens with one attached hydrogen (secondary N) is 1. The number of pyridine rings is 1. The van der Waals surface area contributed by atoms with Gasteiger partial charge in [-0.25, -0.2) is 9.97 Å². The Morgan fingerprint density at radius 2 is 2.03 bits per heavy atom. The predicted octanol–water partition coefficient (Wildman–Crippen LogP) is 3.00. The number of carbonyl (C=O) groups is 1. The molecule has 1 amide bonds. The summed E-state index contributed by atoms with van der Waals surface area (Å²) in [5, 5.41) is 14.2. The molecule has 4 aromatic heterocycles. The molecule has 9 heteroatoms. The first-order valence-corrected chi connectivity index (χ1v) is 10.2. The van der Waals surface area contributed by atoms with Crippen LogP contribution in [0.2, 0.25) is 0 Å². The summed E-state index contributed by atoms with van der Waals surface area (Å²) >= 11 is 1.36. The Morgan fingerprint density at radius 1 is 1.20 bits per heavy atom. The highest BCUT2D eigenvalue weighted by Gasteiger charge is 2.13. The van der Waals surface area contributed by atoms with Crippen LogP contribution in [0.1, 0.15) is 27.4 Å². The Labute approximate surface area is 177 Å². The zero-order chi connectivity index (χ0) is 20.8. The maximum Gasteiger partial charge on any atom is 0.274 e. The normalized spacial score (nSPS) is 11.2. The highest BCUT2D eigenvalue weighted by molar-refractivity contribution is 7.14. The zero-order valence-corrected chi connectivity index (χ0v) is 16.9. The summed E-state index contributed by atoms with van der Waals surface area (Å²) in [5.74, 6) is -0.207. The fourth-order valence-electron chi connectivity index (χ4n) is 2.90. The largest absolute Gasteiger partial charge is 0.395 e. The van der Waals surface area contributed by atoms with Crippen LogP contribution in [0.25, 0.3) is 12.2 Å². The van der Waals surface area contributed by atoms with E-state index in [1.54, 1.807) is 24.8 Å². The predicted molar refractivity (Wildman–Crippen MR) is 116 cm³/mol. The molecule has 0 atom stereocenters. The van der Waals surface area contributed by atoms with Crippen molar-refractivity contribution < 1.29 is 9.90 Å². The topological polar surface area (TPSA) is 97.9 Å². The van der Waals surface area contributed by atoms with Crippen molar-refractivity contribution >= 4 is 34.5 Å². The van der Waals surface area contributed by atoms with Gasteiger partial charge in [0, 0.05) is 43.3 Å². The molecule has 0 unspecified atom stereocenters. The number of amides is 1. The summed E-state index contributed by atoms with van der Waals surface area (Å²) in [5.41, 5.74) is 3.14. The molecule has 8 nitrogen and oxygen atoms in total. The number of aromatic nitrogens is 5. The van der Waals surface area contributed by atoms with Gasteiger partial charge in [0.05, 0.1) is 24.3 Å². The molecule has 0 aromatic carbocycles. The molecular weight excluding hydrogens is 400 g/mol. The van der Waals surface area contributed by atoms with E-state index >= 15 is 0 Å². The second kappa shape index (κ2) is 9.29. The van der Waals surface area contributed by atoms with E-state index in [1.165, 1.54) is 11.3 Å². The summed E-state index contributed by atoms with van der Waals surface area (Å²) in [6.07, 6.45) is 12.5. The number of thiazole rings is 1. The molecule has 0 bridgehead atoms. The van der Waals surface area contributed by atoms with E-state index in [-0.39, 0.29) is 12.5 Å². The molecule has 4 rings (SSSR count). The van der Waals surface area contributed by atoms with Crippen LogP contribution in [0.4, 0.5) is 5.13 Å². The van der Waals surface area contributed by atoms with E-state index in [0.29, 0.717) is 23.9 Å². The maximum absolute atomic E-state index is 12.7. The molecule has 0 saturated heterocycles. The van der Waals surface area contributed by atoms with Crippen molar-refractivity contribution in [3.63, 3.8) is 0 Å². The lowest BCUT2D eigenvalue weighted by atomic mass is 10.2. The lowest BCUT2D eigenvalue weighted by Crippen LogP contribution is -2.17.